The Kier molecular flexibility index (Phi) is 4.20. The number of carbonyl (C=O) groups is 1. The average molecular weight is 272 g/mol. The van der Waals surface area contributed by atoms with Crippen molar-refractivity contribution in [3.63, 3.8) is 0 Å². The van der Waals surface area contributed by atoms with Crippen LogP contribution in [0.3, 0.4) is 0 Å². The van der Waals surface area contributed by atoms with Crippen LogP contribution in [0.5, 0.6) is 0 Å². The molecule has 0 aliphatic carbocycles. The molecule has 0 radical (unpaired) electrons. The number of thiophene rings is 1. The fraction of sp³-hybridized carbons (Fsp3) is 0.353. The molecule has 2 aromatic rings. The van der Waals surface area contributed by atoms with Gasteiger partial charge < -0.3 is 0 Å². The molecule has 2 rings (SSSR count). The minimum absolute atomic E-state index is 0.0634. The first-order chi connectivity index (χ1) is 8.99. The fourth-order valence-corrected chi connectivity index (χ4v) is 3.05. The Labute approximate surface area is 119 Å². The third-order valence-corrected chi connectivity index (χ3v) is 4.36. The van der Waals surface area contributed by atoms with Gasteiger partial charge in [0.1, 0.15) is 0 Å². The van der Waals surface area contributed by atoms with Crippen LogP contribution in [0, 0.1) is 5.92 Å². The van der Waals surface area contributed by atoms with E-state index in [1.54, 1.807) is 11.3 Å². The van der Waals surface area contributed by atoms with Gasteiger partial charge in [0.2, 0.25) is 0 Å². The van der Waals surface area contributed by atoms with Crippen molar-refractivity contribution in [3.8, 4) is 10.4 Å². The van der Waals surface area contributed by atoms with Gasteiger partial charge in [-0.2, -0.15) is 0 Å². The van der Waals surface area contributed by atoms with Crippen LogP contribution in [0.4, 0.5) is 0 Å². The minimum atomic E-state index is 0.0634. The fourth-order valence-electron chi connectivity index (χ4n) is 1.96. The maximum Gasteiger partial charge on any atom is 0.175 e. The van der Waals surface area contributed by atoms with E-state index >= 15 is 0 Å². The average Bonchev–Trinajstić information content (AvgIpc) is 2.87. The second kappa shape index (κ2) is 5.70. The third-order valence-electron chi connectivity index (χ3n) is 3.21. The van der Waals surface area contributed by atoms with E-state index in [1.165, 1.54) is 16.0 Å². The number of benzene rings is 1. The summed E-state index contributed by atoms with van der Waals surface area (Å²) in [6, 6.07) is 12.6. The second-order valence-electron chi connectivity index (χ2n) is 5.46. The van der Waals surface area contributed by atoms with Crippen LogP contribution in [0.1, 0.15) is 48.8 Å². The Bertz CT molecular complexity index is 578. The topological polar surface area (TPSA) is 17.1 Å². The van der Waals surface area contributed by atoms with Crippen LogP contribution >= 0.6 is 11.3 Å². The van der Waals surface area contributed by atoms with Gasteiger partial charge in [-0.15, -0.1) is 11.3 Å². The smallest absolute Gasteiger partial charge is 0.175 e. The first kappa shape index (κ1) is 14.0. The molecule has 0 bridgehead atoms. The Balaban J connectivity index is 2.33. The van der Waals surface area contributed by atoms with Gasteiger partial charge in [-0.3, -0.25) is 4.79 Å². The van der Waals surface area contributed by atoms with Gasteiger partial charge in [-0.1, -0.05) is 52.0 Å². The van der Waals surface area contributed by atoms with E-state index < -0.39 is 0 Å². The second-order valence-corrected chi connectivity index (χ2v) is 6.55. The van der Waals surface area contributed by atoms with Crippen LogP contribution < -0.4 is 0 Å². The molecule has 1 heterocycles. The Morgan fingerprint density at radius 2 is 1.79 bits per heavy atom. The first-order valence-electron chi connectivity index (χ1n) is 6.73. The van der Waals surface area contributed by atoms with Crippen LogP contribution in [-0.2, 0) is 0 Å². The summed E-state index contributed by atoms with van der Waals surface area (Å²) in [6.45, 7) is 8.28. The monoisotopic (exact) mass is 272 g/mol. The highest BCUT2D eigenvalue weighted by Gasteiger charge is 2.13. The molecule has 0 N–H and O–H groups in total. The van der Waals surface area contributed by atoms with Gasteiger partial charge >= 0.3 is 0 Å². The molecule has 1 aromatic heterocycles. The highest BCUT2D eigenvalue weighted by atomic mass is 32.1. The van der Waals surface area contributed by atoms with E-state index in [1.807, 2.05) is 19.9 Å². The molecule has 0 amide bonds. The van der Waals surface area contributed by atoms with Crippen LogP contribution in [0.2, 0.25) is 0 Å². The summed E-state index contributed by atoms with van der Waals surface area (Å²) in [5.74, 6) is 0.821. The first-order valence-corrected chi connectivity index (χ1v) is 7.55. The number of carbonyl (C=O) groups excluding carboxylic acids is 1. The molecule has 0 unspecified atom stereocenters. The number of Topliss-reactive ketones (excluding diaryl/α,β-unsaturated/α-hetero) is 1. The summed E-state index contributed by atoms with van der Waals surface area (Å²) in [5, 5.41) is 0. The molecule has 0 atom stereocenters. The molecular formula is C17H20OS. The van der Waals surface area contributed by atoms with Gasteiger partial charge in [0.15, 0.2) is 5.78 Å². The van der Waals surface area contributed by atoms with Crippen LogP contribution in [-0.4, -0.2) is 5.78 Å². The van der Waals surface area contributed by atoms with E-state index in [2.05, 4.69) is 44.2 Å². The number of rotatable bonds is 4. The molecule has 0 fully saturated rings. The van der Waals surface area contributed by atoms with Crippen molar-refractivity contribution in [2.75, 3.05) is 0 Å². The lowest BCUT2D eigenvalue weighted by molar-refractivity contribution is 0.0943. The minimum Gasteiger partial charge on any atom is -0.293 e. The van der Waals surface area contributed by atoms with Gasteiger partial charge in [-0.05, 0) is 29.2 Å². The molecule has 0 aliphatic rings. The van der Waals surface area contributed by atoms with E-state index in [0.717, 1.165) is 4.88 Å². The highest BCUT2D eigenvalue weighted by Crippen LogP contribution is 2.31. The van der Waals surface area contributed by atoms with Crippen molar-refractivity contribution in [3.05, 3.63) is 46.8 Å². The van der Waals surface area contributed by atoms with Crippen molar-refractivity contribution in [2.24, 2.45) is 5.92 Å². The van der Waals surface area contributed by atoms with Crippen LogP contribution in [0.25, 0.3) is 10.4 Å². The van der Waals surface area contributed by atoms with E-state index in [-0.39, 0.29) is 11.7 Å². The van der Waals surface area contributed by atoms with E-state index in [0.29, 0.717) is 5.92 Å². The van der Waals surface area contributed by atoms with Crippen molar-refractivity contribution in [2.45, 2.75) is 33.6 Å². The summed E-state index contributed by atoms with van der Waals surface area (Å²) in [7, 11) is 0. The molecule has 0 saturated heterocycles. The quantitative estimate of drug-likeness (QED) is 0.683. The summed E-state index contributed by atoms with van der Waals surface area (Å²) < 4.78 is 0. The molecule has 19 heavy (non-hydrogen) atoms. The van der Waals surface area contributed by atoms with Crippen molar-refractivity contribution in [1.82, 2.24) is 0 Å². The summed E-state index contributed by atoms with van der Waals surface area (Å²) in [5.41, 5.74) is 2.54. The Hall–Kier alpha value is -1.41. The zero-order valence-corrected chi connectivity index (χ0v) is 12.8. The molecule has 0 aliphatic heterocycles. The van der Waals surface area contributed by atoms with Gasteiger partial charge in [0.05, 0.1) is 4.88 Å². The normalized spacial score (nSPS) is 11.3. The lowest BCUT2D eigenvalue weighted by atomic mass is 10.0. The maximum absolute atomic E-state index is 12.0. The summed E-state index contributed by atoms with van der Waals surface area (Å²) in [4.78, 5) is 14.0. The van der Waals surface area contributed by atoms with E-state index in [9.17, 15) is 4.79 Å². The summed E-state index contributed by atoms with van der Waals surface area (Å²) in [6.07, 6.45) is 0. The van der Waals surface area contributed by atoms with Crippen molar-refractivity contribution in [1.29, 1.82) is 0 Å². The molecule has 100 valence electrons. The predicted octanol–water partition coefficient (Wildman–Crippen LogP) is 5.38. The largest absolute Gasteiger partial charge is 0.293 e. The standard InChI is InChI=1S/C17H20OS/c1-11(2)13-6-5-7-14(10-13)15-8-9-16(19-15)17(18)12(3)4/h5-12H,1-4H3. The Morgan fingerprint density at radius 1 is 1.05 bits per heavy atom. The van der Waals surface area contributed by atoms with Crippen LogP contribution in [0.15, 0.2) is 36.4 Å². The van der Waals surface area contributed by atoms with Gasteiger partial charge in [0.25, 0.3) is 0 Å². The maximum atomic E-state index is 12.0. The van der Waals surface area contributed by atoms with E-state index in [4.69, 9.17) is 0 Å². The molecule has 0 saturated carbocycles. The number of ketones is 1. The van der Waals surface area contributed by atoms with Crippen molar-refractivity contribution >= 4 is 17.1 Å². The molecule has 2 heteroatoms. The molecule has 1 aromatic carbocycles. The SMILES string of the molecule is CC(C)C(=O)c1ccc(-c2cccc(C(C)C)c2)s1. The lowest BCUT2D eigenvalue weighted by Gasteiger charge is -2.06. The highest BCUT2D eigenvalue weighted by molar-refractivity contribution is 7.17. The van der Waals surface area contributed by atoms with Gasteiger partial charge in [-0.25, -0.2) is 0 Å². The summed E-state index contributed by atoms with van der Waals surface area (Å²) >= 11 is 1.59. The third kappa shape index (κ3) is 3.13. The van der Waals surface area contributed by atoms with Gasteiger partial charge in [0, 0.05) is 10.8 Å². The van der Waals surface area contributed by atoms with Crippen molar-refractivity contribution < 1.29 is 4.79 Å². The molecule has 0 spiro atoms. The predicted molar refractivity (Wildman–Crippen MR) is 83.0 cm³/mol. The number of hydrogen-bond donors (Lipinski definition) is 0. The zero-order chi connectivity index (χ0) is 14.0. The lowest BCUT2D eigenvalue weighted by Crippen LogP contribution is -2.04. The molecule has 1 nitrogen and oxygen atoms in total. The zero-order valence-electron chi connectivity index (χ0n) is 11.9. The molecular weight excluding hydrogens is 252 g/mol. The Morgan fingerprint density at radius 3 is 2.42 bits per heavy atom. The number of hydrogen-bond acceptors (Lipinski definition) is 2.